The van der Waals surface area contributed by atoms with Crippen molar-refractivity contribution in [2.45, 2.75) is 19.4 Å². The number of carbonyl (C=O) groups excluding carboxylic acids is 3. The summed E-state index contributed by atoms with van der Waals surface area (Å²) in [7, 11) is 0. The second kappa shape index (κ2) is 6.45. The van der Waals surface area contributed by atoms with Crippen molar-refractivity contribution in [1.82, 2.24) is 10.2 Å². The van der Waals surface area contributed by atoms with Crippen LogP contribution in [0, 0.1) is 18.3 Å². The number of aryl methyl sites for hydroxylation is 1. The molecule has 1 aliphatic rings. The average Bonchev–Trinajstić information content (AvgIpc) is 2.86. The number of ketones is 1. The summed E-state index contributed by atoms with van der Waals surface area (Å²) in [5, 5.41) is 11.7. The van der Waals surface area contributed by atoms with E-state index in [1.54, 1.807) is 55.5 Å². The Labute approximate surface area is 151 Å². The highest BCUT2D eigenvalue weighted by atomic mass is 16.2. The van der Waals surface area contributed by atoms with Gasteiger partial charge < -0.3 is 5.32 Å². The number of nitriles is 1. The first-order chi connectivity index (χ1) is 12.3. The largest absolute Gasteiger partial charge is 0.325 e. The molecule has 6 nitrogen and oxygen atoms in total. The molecular formula is C20H17N3O3. The number of amides is 3. The molecule has 0 radical (unpaired) electrons. The Morgan fingerprint density at radius 2 is 1.88 bits per heavy atom. The first-order valence-corrected chi connectivity index (χ1v) is 8.10. The molecule has 0 aliphatic carbocycles. The van der Waals surface area contributed by atoms with Crippen molar-refractivity contribution in [2.75, 3.05) is 6.54 Å². The van der Waals surface area contributed by atoms with Gasteiger partial charge in [-0.25, -0.2) is 4.79 Å². The fourth-order valence-corrected chi connectivity index (χ4v) is 2.91. The third kappa shape index (κ3) is 2.95. The van der Waals surface area contributed by atoms with Crippen LogP contribution in [0.5, 0.6) is 0 Å². The van der Waals surface area contributed by atoms with E-state index >= 15 is 0 Å². The second-order valence-electron chi connectivity index (χ2n) is 6.43. The molecule has 1 saturated heterocycles. The van der Waals surface area contributed by atoms with Crippen LogP contribution < -0.4 is 5.32 Å². The van der Waals surface area contributed by atoms with Crippen molar-refractivity contribution in [2.24, 2.45) is 0 Å². The van der Waals surface area contributed by atoms with E-state index in [0.717, 1.165) is 10.5 Å². The molecule has 1 aliphatic heterocycles. The van der Waals surface area contributed by atoms with Gasteiger partial charge in [-0.15, -0.1) is 0 Å². The number of hydrogen-bond acceptors (Lipinski definition) is 4. The minimum atomic E-state index is -1.31. The minimum absolute atomic E-state index is 0.316. The van der Waals surface area contributed by atoms with Gasteiger partial charge in [0, 0.05) is 5.56 Å². The Morgan fingerprint density at radius 3 is 2.54 bits per heavy atom. The number of Topliss-reactive ketones (excluding diaryl/α,β-unsaturated/α-hetero) is 1. The molecule has 6 heteroatoms. The van der Waals surface area contributed by atoms with Gasteiger partial charge in [0.25, 0.3) is 5.91 Å². The number of rotatable bonds is 4. The van der Waals surface area contributed by atoms with Crippen molar-refractivity contribution in [3.05, 3.63) is 70.8 Å². The number of urea groups is 1. The van der Waals surface area contributed by atoms with E-state index < -0.39 is 17.5 Å². The summed E-state index contributed by atoms with van der Waals surface area (Å²) in [5.74, 6) is -0.832. The maximum absolute atomic E-state index is 12.9. The SMILES string of the molecule is Cc1ccc(C(=O)CN2C(=O)NC(C)(c3cccc(C#N)c3)C2=O)cc1. The van der Waals surface area contributed by atoms with Crippen LogP contribution in [0.15, 0.2) is 48.5 Å². The fourth-order valence-electron chi connectivity index (χ4n) is 2.91. The van der Waals surface area contributed by atoms with Crippen LogP contribution in [-0.2, 0) is 10.3 Å². The van der Waals surface area contributed by atoms with Crippen LogP contribution in [0.4, 0.5) is 4.79 Å². The number of hydrogen-bond donors (Lipinski definition) is 1. The summed E-state index contributed by atoms with van der Waals surface area (Å²) < 4.78 is 0. The molecular weight excluding hydrogens is 330 g/mol. The molecule has 26 heavy (non-hydrogen) atoms. The highest BCUT2D eigenvalue weighted by molar-refractivity contribution is 6.11. The lowest BCUT2D eigenvalue weighted by Crippen LogP contribution is -2.41. The fraction of sp³-hybridized carbons (Fsp3) is 0.200. The maximum atomic E-state index is 12.9. The third-order valence-corrected chi connectivity index (χ3v) is 4.52. The second-order valence-corrected chi connectivity index (χ2v) is 6.43. The van der Waals surface area contributed by atoms with Crippen LogP contribution in [-0.4, -0.2) is 29.2 Å². The summed E-state index contributed by atoms with van der Waals surface area (Å²) in [6.45, 7) is 3.15. The molecule has 0 spiro atoms. The van der Waals surface area contributed by atoms with Gasteiger partial charge in [0.15, 0.2) is 5.78 Å². The van der Waals surface area contributed by atoms with Crippen LogP contribution in [0.1, 0.15) is 34.0 Å². The topological polar surface area (TPSA) is 90.3 Å². The lowest BCUT2D eigenvalue weighted by atomic mass is 9.91. The summed E-state index contributed by atoms with van der Waals surface area (Å²) >= 11 is 0. The molecule has 1 heterocycles. The maximum Gasteiger partial charge on any atom is 0.325 e. The van der Waals surface area contributed by atoms with Crippen LogP contribution in [0.25, 0.3) is 0 Å². The Bertz CT molecular complexity index is 944. The van der Waals surface area contributed by atoms with Crippen molar-refractivity contribution in [3.8, 4) is 6.07 Å². The lowest BCUT2D eigenvalue weighted by Gasteiger charge is -2.22. The molecule has 1 fully saturated rings. The van der Waals surface area contributed by atoms with E-state index in [1.165, 1.54) is 0 Å². The molecule has 1 N–H and O–H groups in total. The Balaban J connectivity index is 1.85. The monoisotopic (exact) mass is 347 g/mol. The third-order valence-electron chi connectivity index (χ3n) is 4.52. The zero-order valence-corrected chi connectivity index (χ0v) is 14.4. The van der Waals surface area contributed by atoms with Gasteiger partial charge in [0.05, 0.1) is 18.2 Å². The van der Waals surface area contributed by atoms with Crippen molar-refractivity contribution >= 4 is 17.7 Å². The average molecular weight is 347 g/mol. The molecule has 3 rings (SSSR count). The summed E-state index contributed by atoms with van der Waals surface area (Å²) in [4.78, 5) is 38.5. The number of carbonyl (C=O) groups is 3. The first-order valence-electron chi connectivity index (χ1n) is 8.10. The van der Waals surface area contributed by atoms with Gasteiger partial charge in [0.2, 0.25) is 0 Å². The zero-order chi connectivity index (χ0) is 18.9. The van der Waals surface area contributed by atoms with Crippen molar-refractivity contribution < 1.29 is 14.4 Å². The standard InChI is InChI=1S/C20H17N3O3/c1-13-6-8-15(9-7-13)17(24)12-23-18(25)20(2,22-19(23)26)16-5-3-4-14(10-16)11-21/h3-10H,12H2,1-2H3,(H,22,26). The van der Waals surface area contributed by atoms with E-state index in [4.69, 9.17) is 5.26 Å². The molecule has 3 amide bonds. The predicted octanol–water partition coefficient (Wildman–Crippen LogP) is 2.52. The van der Waals surface area contributed by atoms with Crippen molar-refractivity contribution in [1.29, 1.82) is 5.26 Å². The van der Waals surface area contributed by atoms with E-state index in [1.807, 2.05) is 13.0 Å². The smallest absolute Gasteiger partial charge is 0.319 e. The van der Waals surface area contributed by atoms with E-state index in [0.29, 0.717) is 16.7 Å². The van der Waals surface area contributed by atoms with Gasteiger partial charge in [0.1, 0.15) is 5.54 Å². The summed E-state index contributed by atoms with van der Waals surface area (Å²) in [5.41, 5.74) is 1.04. The Kier molecular flexibility index (Phi) is 4.31. The molecule has 2 aromatic rings. The quantitative estimate of drug-likeness (QED) is 0.680. The predicted molar refractivity (Wildman–Crippen MR) is 94.3 cm³/mol. The van der Waals surface area contributed by atoms with E-state index in [9.17, 15) is 14.4 Å². The number of benzene rings is 2. The van der Waals surface area contributed by atoms with Gasteiger partial charge in [-0.2, -0.15) is 5.26 Å². The number of imide groups is 1. The lowest BCUT2D eigenvalue weighted by molar-refractivity contribution is -0.130. The molecule has 1 atom stereocenters. The van der Waals surface area contributed by atoms with Gasteiger partial charge >= 0.3 is 6.03 Å². The Morgan fingerprint density at radius 1 is 1.19 bits per heavy atom. The minimum Gasteiger partial charge on any atom is -0.319 e. The zero-order valence-electron chi connectivity index (χ0n) is 14.4. The first kappa shape index (κ1) is 17.4. The highest BCUT2D eigenvalue weighted by Crippen LogP contribution is 2.29. The van der Waals surface area contributed by atoms with Gasteiger partial charge in [-0.05, 0) is 31.5 Å². The van der Waals surface area contributed by atoms with Crippen LogP contribution in [0.2, 0.25) is 0 Å². The molecule has 0 saturated carbocycles. The molecule has 1 unspecified atom stereocenters. The van der Waals surface area contributed by atoms with Crippen LogP contribution in [0.3, 0.4) is 0 Å². The molecule has 2 aromatic carbocycles. The molecule has 0 bridgehead atoms. The number of nitrogens with zero attached hydrogens (tertiary/aromatic N) is 2. The molecule has 0 aromatic heterocycles. The normalized spacial score (nSPS) is 19.2. The van der Waals surface area contributed by atoms with E-state index in [-0.39, 0.29) is 12.3 Å². The van der Waals surface area contributed by atoms with Gasteiger partial charge in [-0.3, -0.25) is 14.5 Å². The Hall–Kier alpha value is -3.46. The van der Waals surface area contributed by atoms with Crippen LogP contribution >= 0.6 is 0 Å². The summed E-state index contributed by atoms with van der Waals surface area (Å²) in [6, 6.07) is 14.8. The van der Waals surface area contributed by atoms with Crippen molar-refractivity contribution in [3.63, 3.8) is 0 Å². The number of nitrogens with one attached hydrogen (secondary N) is 1. The highest BCUT2D eigenvalue weighted by Gasteiger charge is 2.49. The summed E-state index contributed by atoms with van der Waals surface area (Å²) in [6.07, 6.45) is 0. The molecule has 130 valence electrons. The van der Waals surface area contributed by atoms with E-state index in [2.05, 4.69) is 5.32 Å². The van der Waals surface area contributed by atoms with Gasteiger partial charge in [-0.1, -0.05) is 42.0 Å².